The molecule has 3 heteroatoms. The van der Waals surface area contributed by atoms with Crippen molar-refractivity contribution < 1.29 is 16.9 Å². The average Bonchev–Trinajstić information content (AvgIpc) is 1.85. The van der Waals surface area contributed by atoms with Crippen molar-refractivity contribution in [1.82, 2.24) is 4.90 Å². The zero-order chi connectivity index (χ0) is 9.61. The van der Waals surface area contributed by atoms with E-state index < -0.39 is 0 Å². The third kappa shape index (κ3) is 9.87. The van der Waals surface area contributed by atoms with Gasteiger partial charge in [0, 0.05) is 13.0 Å². The number of quaternary nitrogens is 1. The topological polar surface area (TPSA) is 3.24 Å². The highest BCUT2D eigenvalue weighted by atomic mass is 35.5. The van der Waals surface area contributed by atoms with Crippen molar-refractivity contribution >= 4 is 0 Å². The number of nitrogens with zero attached hydrogens (tertiary/aromatic N) is 2. The predicted octanol–water partition coefficient (Wildman–Crippen LogP) is -1.80. The van der Waals surface area contributed by atoms with Gasteiger partial charge in [-0.1, -0.05) is 6.58 Å². The Hall–Kier alpha value is -0.0500. The Labute approximate surface area is 89.2 Å². The molecule has 0 radical (unpaired) electrons. The second-order valence-corrected chi connectivity index (χ2v) is 4.29. The van der Waals surface area contributed by atoms with Crippen LogP contribution in [0.15, 0.2) is 12.7 Å². The molecule has 0 aliphatic rings. The van der Waals surface area contributed by atoms with Gasteiger partial charge < -0.3 is 21.8 Å². The van der Waals surface area contributed by atoms with Gasteiger partial charge in [0.2, 0.25) is 0 Å². The second kappa shape index (κ2) is 7.36. The van der Waals surface area contributed by atoms with Gasteiger partial charge in [0.05, 0.1) is 27.2 Å². The Balaban J connectivity index is 0. The van der Waals surface area contributed by atoms with E-state index in [1.165, 1.54) is 19.5 Å². The van der Waals surface area contributed by atoms with E-state index in [0.29, 0.717) is 0 Å². The van der Waals surface area contributed by atoms with Crippen LogP contribution in [-0.2, 0) is 0 Å². The number of likely N-dealkylation sites (N-methyl/N-ethyl adjacent to an activating group) is 1. The van der Waals surface area contributed by atoms with Gasteiger partial charge >= 0.3 is 0 Å². The molecule has 0 aliphatic carbocycles. The molecular formula is C10H23ClN2. The Kier molecular flexibility index (Phi) is 8.74. The molecule has 0 aromatic heterocycles. The molecule has 0 aliphatic heterocycles. The lowest BCUT2D eigenvalue weighted by molar-refractivity contribution is -0.884. The number of rotatable bonds is 6. The van der Waals surface area contributed by atoms with Crippen molar-refractivity contribution in [3.63, 3.8) is 0 Å². The first kappa shape index (κ1) is 15.4. The van der Waals surface area contributed by atoms with Crippen LogP contribution in [0.5, 0.6) is 0 Å². The van der Waals surface area contributed by atoms with E-state index in [1.807, 2.05) is 6.08 Å². The Morgan fingerprint density at radius 3 is 2.23 bits per heavy atom. The van der Waals surface area contributed by atoms with Crippen LogP contribution in [0.4, 0.5) is 0 Å². The van der Waals surface area contributed by atoms with Crippen molar-refractivity contribution in [2.45, 2.75) is 6.42 Å². The molecule has 0 aromatic rings. The van der Waals surface area contributed by atoms with E-state index in [-0.39, 0.29) is 12.4 Å². The van der Waals surface area contributed by atoms with Crippen LogP contribution >= 0.6 is 0 Å². The summed E-state index contributed by atoms with van der Waals surface area (Å²) in [5, 5.41) is 0. The third-order valence-corrected chi connectivity index (χ3v) is 1.99. The summed E-state index contributed by atoms with van der Waals surface area (Å²) in [6.45, 7) is 7.23. The van der Waals surface area contributed by atoms with E-state index >= 15 is 0 Å². The minimum absolute atomic E-state index is 0. The van der Waals surface area contributed by atoms with Gasteiger partial charge in [-0.25, -0.2) is 0 Å². The van der Waals surface area contributed by atoms with Crippen LogP contribution in [0.1, 0.15) is 6.42 Å². The lowest BCUT2D eigenvalue weighted by atomic mass is 10.3. The van der Waals surface area contributed by atoms with Gasteiger partial charge in [-0.3, -0.25) is 0 Å². The minimum Gasteiger partial charge on any atom is -1.00 e. The maximum atomic E-state index is 3.76. The van der Waals surface area contributed by atoms with E-state index in [9.17, 15) is 0 Å². The lowest BCUT2D eigenvalue weighted by Gasteiger charge is -2.28. The summed E-state index contributed by atoms with van der Waals surface area (Å²) in [6.07, 6.45) is 3.25. The molecule has 13 heavy (non-hydrogen) atoms. The fourth-order valence-corrected chi connectivity index (χ4v) is 1.26. The molecule has 0 unspecified atom stereocenters. The molecule has 0 aromatic carbocycles. The zero-order valence-corrected chi connectivity index (χ0v) is 10.1. The van der Waals surface area contributed by atoms with Crippen molar-refractivity contribution in [2.75, 3.05) is 47.8 Å². The molecule has 0 rings (SSSR count). The largest absolute Gasteiger partial charge is 1.00 e. The minimum atomic E-state index is 0. The van der Waals surface area contributed by atoms with Crippen LogP contribution in [0.25, 0.3) is 0 Å². The fraction of sp³-hybridized carbons (Fsp3) is 0.800. The molecule has 0 amide bonds. The van der Waals surface area contributed by atoms with Crippen LogP contribution in [0.2, 0.25) is 0 Å². The second-order valence-electron chi connectivity index (χ2n) is 4.29. The molecule has 0 heterocycles. The molecule has 0 saturated carbocycles. The molecule has 0 saturated heterocycles. The quantitative estimate of drug-likeness (QED) is 0.367. The highest BCUT2D eigenvalue weighted by Gasteiger charge is 2.11. The molecule has 0 atom stereocenters. The molecule has 0 bridgehead atoms. The fourth-order valence-electron chi connectivity index (χ4n) is 1.26. The summed E-state index contributed by atoms with van der Waals surface area (Å²) >= 11 is 0. The van der Waals surface area contributed by atoms with Crippen molar-refractivity contribution in [1.29, 1.82) is 0 Å². The first-order valence-corrected chi connectivity index (χ1v) is 4.55. The van der Waals surface area contributed by atoms with Gasteiger partial charge in [0.1, 0.15) is 0 Å². The van der Waals surface area contributed by atoms with Gasteiger partial charge in [0.25, 0.3) is 0 Å². The first-order valence-electron chi connectivity index (χ1n) is 4.55. The SMILES string of the molecule is C=CC[N+](C)(C)CCCN(C)C.[Cl-]. The van der Waals surface area contributed by atoms with Crippen molar-refractivity contribution in [3.8, 4) is 0 Å². The summed E-state index contributed by atoms with van der Waals surface area (Å²) < 4.78 is 1.05. The molecule has 80 valence electrons. The van der Waals surface area contributed by atoms with E-state index in [0.717, 1.165) is 11.0 Å². The summed E-state index contributed by atoms with van der Waals surface area (Å²) in [4.78, 5) is 2.23. The molecule has 0 N–H and O–H groups in total. The smallest absolute Gasteiger partial charge is 0.0966 e. The highest BCUT2D eigenvalue weighted by molar-refractivity contribution is 4.64. The number of hydrogen-bond donors (Lipinski definition) is 0. The van der Waals surface area contributed by atoms with Gasteiger partial charge in [-0.15, -0.1) is 0 Å². The molecule has 0 fully saturated rings. The standard InChI is InChI=1S/C10H23N2.ClH/c1-6-9-12(4,5)10-7-8-11(2)3;/h6H,1,7-10H2,2-5H3;1H/q+1;/p-1. The van der Waals surface area contributed by atoms with E-state index in [4.69, 9.17) is 0 Å². The van der Waals surface area contributed by atoms with E-state index in [1.54, 1.807) is 0 Å². The van der Waals surface area contributed by atoms with Crippen LogP contribution in [0.3, 0.4) is 0 Å². The van der Waals surface area contributed by atoms with E-state index in [2.05, 4.69) is 39.7 Å². The van der Waals surface area contributed by atoms with Crippen molar-refractivity contribution in [3.05, 3.63) is 12.7 Å². The third-order valence-electron chi connectivity index (χ3n) is 1.99. The van der Waals surface area contributed by atoms with Crippen LogP contribution in [-0.4, -0.2) is 57.2 Å². The van der Waals surface area contributed by atoms with Crippen molar-refractivity contribution in [2.24, 2.45) is 0 Å². The van der Waals surface area contributed by atoms with Crippen LogP contribution in [0, 0.1) is 0 Å². The first-order chi connectivity index (χ1) is 5.48. The van der Waals surface area contributed by atoms with Gasteiger partial charge in [-0.2, -0.15) is 0 Å². The Morgan fingerprint density at radius 2 is 1.85 bits per heavy atom. The van der Waals surface area contributed by atoms with Crippen LogP contribution < -0.4 is 12.4 Å². The number of hydrogen-bond acceptors (Lipinski definition) is 1. The average molecular weight is 207 g/mol. The zero-order valence-electron chi connectivity index (χ0n) is 9.39. The highest BCUT2D eigenvalue weighted by Crippen LogP contribution is 1.99. The predicted molar refractivity (Wildman–Crippen MR) is 55.2 cm³/mol. The molecule has 2 nitrogen and oxygen atoms in total. The maximum absolute atomic E-state index is 3.76. The summed E-state index contributed by atoms with van der Waals surface area (Å²) in [7, 11) is 8.73. The summed E-state index contributed by atoms with van der Waals surface area (Å²) in [5.74, 6) is 0. The Morgan fingerprint density at radius 1 is 1.31 bits per heavy atom. The number of halogens is 1. The van der Waals surface area contributed by atoms with Gasteiger partial charge in [-0.05, 0) is 20.2 Å². The van der Waals surface area contributed by atoms with Gasteiger partial charge in [0.15, 0.2) is 0 Å². The summed E-state index contributed by atoms with van der Waals surface area (Å²) in [5.41, 5.74) is 0. The monoisotopic (exact) mass is 206 g/mol. The molecular weight excluding hydrogens is 184 g/mol. The Bertz CT molecular complexity index is 133. The summed E-state index contributed by atoms with van der Waals surface area (Å²) in [6, 6.07) is 0. The maximum Gasteiger partial charge on any atom is 0.0966 e. The lowest BCUT2D eigenvalue weighted by Crippen LogP contribution is -3.00. The normalized spacial score (nSPS) is 11.2. The molecule has 0 spiro atoms.